The van der Waals surface area contributed by atoms with Crippen LogP contribution in [0.25, 0.3) is 0 Å². The van der Waals surface area contributed by atoms with E-state index >= 15 is 0 Å². The molecule has 0 saturated carbocycles. The third-order valence-electron chi connectivity index (χ3n) is 3.79. The maximum absolute atomic E-state index is 6.09. The number of benzene rings is 2. The van der Waals surface area contributed by atoms with Crippen molar-refractivity contribution in [2.24, 2.45) is 0 Å². The molecule has 112 valence electrons. The fraction of sp³-hybridized carbons (Fsp3) is 0.333. The Labute approximate surface area is 132 Å². The third-order valence-corrected chi connectivity index (χ3v) is 4.03. The van der Waals surface area contributed by atoms with Crippen LogP contribution in [0, 0.1) is 0 Å². The molecular formula is C18H23ClN2. The van der Waals surface area contributed by atoms with Gasteiger partial charge in [0, 0.05) is 29.8 Å². The number of para-hydroxylation sites is 1. The Balaban J connectivity index is 2.02. The van der Waals surface area contributed by atoms with Gasteiger partial charge in [-0.1, -0.05) is 41.9 Å². The van der Waals surface area contributed by atoms with E-state index in [2.05, 4.69) is 53.5 Å². The van der Waals surface area contributed by atoms with Gasteiger partial charge in [0.1, 0.15) is 0 Å². The van der Waals surface area contributed by atoms with Crippen molar-refractivity contribution in [1.82, 2.24) is 5.32 Å². The van der Waals surface area contributed by atoms with Crippen molar-refractivity contribution in [2.75, 3.05) is 25.0 Å². The fourth-order valence-corrected chi connectivity index (χ4v) is 2.79. The van der Waals surface area contributed by atoms with Crippen LogP contribution in [0.2, 0.25) is 5.02 Å². The second kappa shape index (κ2) is 8.06. The predicted molar refractivity (Wildman–Crippen MR) is 92.2 cm³/mol. The monoisotopic (exact) mass is 302 g/mol. The van der Waals surface area contributed by atoms with Gasteiger partial charge in [-0.3, -0.25) is 0 Å². The summed E-state index contributed by atoms with van der Waals surface area (Å²) in [6.07, 6.45) is 1.04. The van der Waals surface area contributed by atoms with Crippen LogP contribution in [-0.4, -0.2) is 20.1 Å². The molecule has 2 aromatic rings. The van der Waals surface area contributed by atoms with Crippen LogP contribution < -0.4 is 10.2 Å². The predicted octanol–water partition coefficient (Wildman–Crippen LogP) is 4.52. The van der Waals surface area contributed by atoms with Crippen LogP contribution in [0.15, 0.2) is 54.6 Å². The lowest BCUT2D eigenvalue weighted by Crippen LogP contribution is -2.28. The molecule has 0 saturated heterocycles. The van der Waals surface area contributed by atoms with Gasteiger partial charge in [-0.05, 0) is 50.2 Å². The molecule has 0 aromatic heterocycles. The standard InChI is InChI=1S/C18H23ClN2/c1-3-21(17-10-5-4-6-11-17)13-12-18(20-2)15-8-7-9-16(19)14-15/h4-11,14,18,20H,3,12-13H2,1-2H3. The summed E-state index contributed by atoms with van der Waals surface area (Å²) in [5, 5.41) is 4.19. The van der Waals surface area contributed by atoms with Gasteiger partial charge in [0.05, 0.1) is 0 Å². The average molecular weight is 303 g/mol. The molecule has 0 radical (unpaired) electrons. The quantitative estimate of drug-likeness (QED) is 0.809. The van der Waals surface area contributed by atoms with Crippen molar-refractivity contribution in [1.29, 1.82) is 0 Å². The molecule has 1 N–H and O–H groups in total. The molecule has 0 heterocycles. The van der Waals surface area contributed by atoms with Gasteiger partial charge in [-0.2, -0.15) is 0 Å². The first-order valence-corrected chi connectivity index (χ1v) is 7.85. The molecule has 0 spiro atoms. The van der Waals surface area contributed by atoms with Gasteiger partial charge in [0.15, 0.2) is 0 Å². The largest absolute Gasteiger partial charge is 0.372 e. The highest BCUT2D eigenvalue weighted by atomic mass is 35.5. The molecule has 3 heteroatoms. The number of anilines is 1. The molecule has 21 heavy (non-hydrogen) atoms. The summed E-state index contributed by atoms with van der Waals surface area (Å²) >= 11 is 6.09. The second-order valence-corrected chi connectivity index (χ2v) is 5.54. The Bertz CT molecular complexity index is 542. The first kappa shape index (κ1) is 15.9. The topological polar surface area (TPSA) is 15.3 Å². The highest BCUT2D eigenvalue weighted by molar-refractivity contribution is 6.30. The molecule has 2 nitrogen and oxygen atoms in total. The van der Waals surface area contributed by atoms with Crippen molar-refractivity contribution >= 4 is 17.3 Å². The van der Waals surface area contributed by atoms with E-state index in [1.54, 1.807) is 0 Å². The molecule has 0 bridgehead atoms. The van der Waals surface area contributed by atoms with Gasteiger partial charge in [-0.25, -0.2) is 0 Å². The number of hydrogen-bond acceptors (Lipinski definition) is 2. The van der Waals surface area contributed by atoms with Crippen LogP contribution in [0.3, 0.4) is 0 Å². The summed E-state index contributed by atoms with van der Waals surface area (Å²) in [5.74, 6) is 0. The highest BCUT2D eigenvalue weighted by Gasteiger charge is 2.12. The fourth-order valence-electron chi connectivity index (χ4n) is 2.59. The van der Waals surface area contributed by atoms with E-state index in [1.165, 1.54) is 11.3 Å². The molecule has 2 aromatic carbocycles. The molecule has 1 atom stereocenters. The second-order valence-electron chi connectivity index (χ2n) is 5.10. The smallest absolute Gasteiger partial charge is 0.0409 e. The van der Waals surface area contributed by atoms with Crippen LogP contribution in [0.5, 0.6) is 0 Å². The zero-order chi connectivity index (χ0) is 15.1. The van der Waals surface area contributed by atoms with E-state index in [1.807, 2.05) is 25.2 Å². The van der Waals surface area contributed by atoms with E-state index < -0.39 is 0 Å². The van der Waals surface area contributed by atoms with Crippen LogP contribution in [-0.2, 0) is 0 Å². The Morgan fingerprint density at radius 3 is 2.48 bits per heavy atom. The summed E-state index contributed by atoms with van der Waals surface area (Å²) in [6.45, 7) is 4.22. The lowest BCUT2D eigenvalue weighted by atomic mass is 10.0. The minimum atomic E-state index is 0.321. The van der Waals surface area contributed by atoms with Gasteiger partial charge in [0.2, 0.25) is 0 Å². The lowest BCUT2D eigenvalue weighted by Gasteiger charge is -2.26. The first-order chi connectivity index (χ1) is 10.2. The third kappa shape index (κ3) is 4.48. The van der Waals surface area contributed by atoms with Crippen molar-refractivity contribution in [3.8, 4) is 0 Å². The van der Waals surface area contributed by atoms with E-state index in [9.17, 15) is 0 Å². The zero-order valence-corrected chi connectivity index (χ0v) is 13.5. The minimum Gasteiger partial charge on any atom is -0.372 e. The Kier molecular flexibility index (Phi) is 6.09. The summed E-state index contributed by atoms with van der Waals surface area (Å²) in [6, 6.07) is 19.0. The number of hydrogen-bond donors (Lipinski definition) is 1. The normalized spacial score (nSPS) is 12.1. The molecule has 0 fully saturated rings. The van der Waals surface area contributed by atoms with E-state index in [0.29, 0.717) is 6.04 Å². The number of rotatable bonds is 7. The average Bonchev–Trinajstić information content (AvgIpc) is 2.52. The molecule has 1 unspecified atom stereocenters. The molecule has 0 aliphatic carbocycles. The number of nitrogens with zero attached hydrogens (tertiary/aromatic N) is 1. The molecular weight excluding hydrogens is 280 g/mol. The molecule has 2 rings (SSSR count). The van der Waals surface area contributed by atoms with Crippen LogP contribution >= 0.6 is 11.6 Å². The van der Waals surface area contributed by atoms with Gasteiger partial charge < -0.3 is 10.2 Å². The molecule has 0 aliphatic rings. The molecule has 0 amide bonds. The van der Waals surface area contributed by atoms with Crippen molar-refractivity contribution in [3.05, 3.63) is 65.2 Å². The maximum Gasteiger partial charge on any atom is 0.0409 e. The van der Waals surface area contributed by atoms with Gasteiger partial charge in [-0.15, -0.1) is 0 Å². The van der Waals surface area contributed by atoms with E-state index in [4.69, 9.17) is 11.6 Å². The van der Waals surface area contributed by atoms with Gasteiger partial charge in [0.25, 0.3) is 0 Å². The van der Waals surface area contributed by atoms with E-state index in [-0.39, 0.29) is 0 Å². The Morgan fingerprint density at radius 1 is 1.10 bits per heavy atom. The van der Waals surface area contributed by atoms with Gasteiger partial charge >= 0.3 is 0 Å². The van der Waals surface area contributed by atoms with Crippen molar-refractivity contribution in [3.63, 3.8) is 0 Å². The summed E-state index contributed by atoms with van der Waals surface area (Å²) in [7, 11) is 2.00. The number of nitrogens with one attached hydrogen (secondary N) is 1. The summed E-state index contributed by atoms with van der Waals surface area (Å²) in [4.78, 5) is 2.40. The van der Waals surface area contributed by atoms with Crippen molar-refractivity contribution in [2.45, 2.75) is 19.4 Å². The van der Waals surface area contributed by atoms with Crippen LogP contribution in [0.1, 0.15) is 24.9 Å². The maximum atomic E-state index is 6.09. The SMILES string of the molecule is CCN(CCC(NC)c1cccc(Cl)c1)c1ccccc1. The summed E-state index contributed by atoms with van der Waals surface area (Å²) < 4.78 is 0. The Hall–Kier alpha value is -1.51. The van der Waals surface area contributed by atoms with E-state index in [0.717, 1.165) is 24.5 Å². The minimum absolute atomic E-state index is 0.321. The lowest BCUT2D eigenvalue weighted by molar-refractivity contribution is 0.544. The Morgan fingerprint density at radius 2 is 1.86 bits per heavy atom. The van der Waals surface area contributed by atoms with Crippen molar-refractivity contribution < 1.29 is 0 Å². The molecule has 0 aliphatic heterocycles. The number of halogens is 1. The van der Waals surface area contributed by atoms with Crippen LogP contribution in [0.4, 0.5) is 5.69 Å². The zero-order valence-electron chi connectivity index (χ0n) is 12.7. The highest BCUT2D eigenvalue weighted by Crippen LogP contribution is 2.22. The summed E-state index contributed by atoms with van der Waals surface area (Å²) in [5.41, 5.74) is 2.52. The first-order valence-electron chi connectivity index (χ1n) is 7.47.